The Morgan fingerprint density at radius 1 is 1.17 bits per heavy atom. The molecule has 3 rings (SSSR count). The summed E-state index contributed by atoms with van der Waals surface area (Å²) >= 11 is 0. The zero-order valence-corrected chi connectivity index (χ0v) is 13.4. The maximum Gasteiger partial charge on any atom is 0.193 e. The van der Waals surface area contributed by atoms with Crippen molar-refractivity contribution >= 4 is 11.6 Å². The molecule has 1 aromatic heterocycles. The van der Waals surface area contributed by atoms with Crippen molar-refractivity contribution in [2.45, 2.75) is 32.2 Å². The molecule has 120 valence electrons. The summed E-state index contributed by atoms with van der Waals surface area (Å²) in [6.45, 7) is 0.488. The zero-order valence-electron chi connectivity index (χ0n) is 13.4. The van der Waals surface area contributed by atoms with Gasteiger partial charge in [0.05, 0.1) is 19.3 Å². The van der Waals surface area contributed by atoms with E-state index in [1.807, 2.05) is 30.3 Å². The fourth-order valence-electron chi connectivity index (χ4n) is 2.74. The number of benzene rings is 1. The quantitative estimate of drug-likeness (QED) is 0.673. The molecule has 0 saturated heterocycles. The molecule has 2 aromatic rings. The molecule has 3 N–H and O–H groups in total. The van der Waals surface area contributed by atoms with Crippen LogP contribution in [-0.2, 0) is 19.4 Å². The van der Waals surface area contributed by atoms with Gasteiger partial charge in [0, 0.05) is 11.4 Å². The molecule has 0 aliphatic heterocycles. The second-order valence-corrected chi connectivity index (χ2v) is 5.67. The van der Waals surface area contributed by atoms with Crippen LogP contribution in [0, 0.1) is 0 Å². The van der Waals surface area contributed by atoms with Crippen LogP contribution in [0.5, 0.6) is 5.75 Å². The molecule has 0 bridgehead atoms. The number of anilines is 1. The van der Waals surface area contributed by atoms with Gasteiger partial charge in [0.2, 0.25) is 0 Å². The van der Waals surface area contributed by atoms with E-state index in [0.717, 1.165) is 30.0 Å². The van der Waals surface area contributed by atoms with Crippen LogP contribution in [0.15, 0.2) is 41.4 Å². The summed E-state index contributed by atoms with van der Waals surface area (Å²) in [6.07, 6.45) is 4.72. The maximum atomic E-state index is 5.94. The average Bonchev–Trinajstić information content (AvgIpc) is 2.60. The maximum absolute atomic E-state index is 5.94. The van der Waals surface area contributed by atoms with Gasteiger partial charge < -0.3 is 15.8 Å². The Hall–Kier alpha value is -2.56. The Balaban J connectivity index is 1.62. The molecule has 5 nitrogen and oxygen atoms in total. The van der Waals surface area contributed by atoms with E-state index in [-0.39, 0.29) is 0 Å². The van der Waals surface area contributed by atoms with Gasteiger partial charge in [-0.25, -0.2) is 4.99 Å². The van der Waals surface area contributed by atoms with Crippen LogP contribution in [0.25, 0.3) is 0 Å². The van der Waals surface area contributed by atoms with Crippen molar-refractivity contribution in [3.8, 4) is 5.75 Å². The summed E-state index contributed by atoms with van der Waals surface area (Å²) in [5, 5.41) is 3.07. The fourth-order valence-corrected chi connectivity index (χ4v) is 2.74. The van der Waals surface area contributed by atoms with Crippen LogP contribution < -0.4 is 15.8 Å². The van der Waals surface area contributed by atoms with E-state index < -0.39 is 0 Å². The number of rotatable bonds is 4. The van der Waals surface area contributed by atoms with E-state index in [9.17, 15) is 0 Å². The number of fused-ring (bicyclic) bond motifs is 1. The molecule has 0 fully saturated rings. The van der Waals surface area contributed by atoms with Crippen LogP contribution in [0.4, 0.5) is 5.69 Å². The lowest BCUT2D eigenvalue weighted by Crippen LogP contribution is -2.22. The number of nitrogens with one attached hydrogen (secondary N) is 1. The minimum absolute atomic E-state index is 0.384. The van der Waals surface area contributed by atoms with Gasteiger partial charge >= 0.3 is 0 Å². The Morgan fingerprint density at radius 3 is 2.74 bits per heavy atom. The van der Waals surface area contributed by atoms with Crippen molar-refractivity contribution in [3.63, 3.8) is 0 Å². The Morgan fingerprint density at radius 2 is 1.96 bits per heavy atom. The highest BCUT2D eigenvalue weighted by Crippen LogP contribution is 2.20. The molecular formula is C18H22N4O. The van der Waals surface area contributed by atoms with Gasteiger partial charge in [-0.3, -0.25) is 4.98 Å². The standard InChI is InChI=1S/C18H22N4O/c1-23-16-10-8-14(9-11-16)22-18(19)20-12-15-7-6-13-4-2-3-5-17(13)21-15/h6-11H,2-5,12H2,1H3,(H3,19,20,22). The highest BCUT2D eigenvalue weighted by molar-refractivity contribution is 5.92. The highest BCUT2D eigenvalue weighted by Gasteiger charge is 2.10. The van der Waals surface area contributed by atoms with Gasteiger partial charge in [-0.05, 0) is 61.6 Å². The molecule has 0 radical (unpaired) electrons. The van der Waals surface area contributed by atoms with Crippen molar-refractivity contribution < 1.29 is 4.74 Å². The number of guanidine groups is 1. The van der Waals surface area contributed by atoms with Crippen molar-refractivity contribution in [2.75, 3.05) is 12.4 Å². The predicted octanol–water partition coefficient (Wildman–Crippen LogP) is 2.90. The number of nitrogens with two attached hydrogens (primary N) is 1. The van der Waals surface area contributed by atoms with Crippen molar-refractivity contribution in [2.24, 2.45) is 10.7 Å². The van der Waals surface area contributed by atoms with E-state index in [4.69, 9.17) is 15.5 Å². The molecule has 1 aromatic carbocycles. The van der Waals surface area contributed by atoms with Gasteiger partial charge in [-0.2, -0.15) is 0 Å². The first-order valence-electron chi connectivity index (χ1n) is 7.93. The number of methoxy groups -OCH3 is 1. The SMILES string of the molecule is COc1ccc(NC(N)=NCc2ccc3c(n2)CCCC3)cc1. The van der Waals surface area contributed by atoms with Crippen LogP contribution in [0.3, 0.4) is 0 Å². The number of aliphatic imine (C=N–C) groups is 1. The van der Waals surface area contributed by atoms with Gasteiger partial charge in [-0.1, -0.05) is 6.07 Å². The Kier molecular flexibility index (Phi) is 4.76. The van der Waals surface area contributed by atoms with Crippen molar-refractivity contribution in [1.29, 1.82) is 0 Å². The third-order valence-corrected chi connectivity index (χ3v) is 4.01. The molecule has 0 unspecified atom stereocenters. The Bertz CT molecular complexity index is 695. The fraction of sp³-hybridized carbons (Fsp3) is 0.333. The average molecular weight is 310 g/mol. The smallest absolute Gasteiger partial charge is 0.193 e. The Labute approximate surface area is 136 Å². The van der Waals surface area contributed by atoms with E-state index in [2.05, 4.69) is 16.4 Å². The summed E-state index contributed by atoms with van der Waals surface area (Å²) in [7, 11) is 1.64. The summed E-state index contributed by atoms with van der Waals surface area (Å²) in [5.74, 6) is 1.19. The van der Waals surface area contributed by atoms with Gasteiger partial charge in [-0.15, -0.1) is 0 Å². The van der Waals surface area contributed by atoms with Crippen LogP contribution in [-0.4, -0.2) is 18.1 Å². The third kappa shape index (κ3) is 4.00. The topological polar surface area (TPSA) is 72.5 Å². The minimum atomic E-state index is 0.384. The second-order valence-electron chi connectivity index (χ2n) is 5.67. The number of aryl methyl sites for hydroxylation is 2. The normalized spacial score (nSPS) is 14.2. The molecule has 0 atom stereocenters. The largest absolute Gasteiger partial charge is 0.497 e. The molecule has 23 heavy (non-hydrogen) atoms. The number of pyridine rings is 1. The minimum Gasteiger partial charge on any atom is -0.497 e. The summed E-state index contributed by atoms with van der Waals surface area (Å²) in [6, 6.07) is 11.8. The van der Waals surface area contributed by atoms with E-state index in [1.54, 1.807) is 7.11 Å². The first-order chi connectivity index (χ1) is 11.2. The zero-order chi connectivity index (χ0) is 16.1. The molecular weight excluding hydrogens is 288 g/mol. The molecule has 1 heterocycles. The van der Waals surface area contributed by atoms with Gasteiger partial charge in [0.15, 0.2) is 5.96 Å². The van der Waals surface area contributed by atoms with E-state index in [1.165, 1.54) is 24.1 Å². The molecule has 0 amide bonds. The summed E-state index contributed by atoms with van der Waals surface area (Å²) < 4.78 is 5.13. The molecule has 1 aliphatic rings. The van der Waals surface area contributed by atoms with Crippen LogP contribution >= 0.6 is 0 Å². The lowest BCUT2D eigenvalue weighted by atomic mass is 9.96. The first-order valence-corrected chi connectivity index (χ1v) is 7.93. The van der Waals surface area contributed by atoms with Crippen LogP contribution in [0.1, 0.15) is 29.8 Å². The van der Waals surface area contributed by atoms with Gasteiger partial charge in [0.1, 0.15) is 5.75 Å². The van der Waals surface area contributed by atoms with Crippen LogP contribution in [0.2, 0.25) is 0 Å². The van der Waals surface area contributed by atoms with E-state index in [0.29, 0.717) is 12.5 Å². The van der Waals surface area contributed by atoms with E-state index >= 15 is 0 Å². The third-order valence-electron chi connectivity index (χ3n) is 4.01. The molecule has 1 aliphatic carbocycles. The number of ether oxygens (including phenoxy) is 1. The molecule has 5 heteroatoms. The number of hydrogen-bond donors (Lipinski definition) is 2. The second kappa shape index (κ2) is 7.13. The molecule has 0 spiro atoms. The number of nitrogens with zero attached hydrogens (tertiary/aromatic N) is 2. The number of aromatic nitrogens is 1. The van der Waals surface area contributed by atoms with Crippen molar-refractivity contribution in [1.82, 2.24) is 4.98 Å². The van der Waals surface area contributed by atoms with Gasteiger partial charge in [0.25, 0.3) is 0 Å². The summed E-state index contributed by atoms with van der Waals surface area (Å²) in [5.41, 5.74) is 10.4. The monoisotopic (exact) mass is 310 g/mol. The first kappa shape index (κ1) is 15.3. The number of hydrogen-bond acceptors (Lipinski definition) is 3. The lowest BCUT2D eigenvalue weighted by molar-refractivity contribution is 0.415. The molecule has 0 saturated carbocycles. The lowest BCUT2D eigenvalue weighted by Gasteiger charge is -2.15. The van der Waals surface area contributed by atoms with Crippen molar-refractivity contribution in [3.05, 3.63) is 53.3 Å². The predicted molar refractivity (Wildman–Crippen MR) is 92.8 cm³/mol. The highest BCUT2D eigenvalue weighted by atomic mass is 16.5. The summed E-state index contributed by atoms with van der Waals surface area (Å²) in [4.78, 5) is 9.08.